The minimum absolute atomic E-state index is 0.000150. The summed E-state index contributed by atoms with van der Waals surface area (Å²) in [6, 6.07) is 12.8. The first-order valence-electron chi connectivity index (χ1n) is 7.62. The van der Waals surface area contributed by atoms with Crippen LogP contribution in [0, 0.1) is 6.92 Å². The van der Waals surface area contributed by atoms with Crippen LogP contribution in [0.3, 0.4) is 0 Å². The van der Waals surface area contributed by atoms with Gasteiger partial charge in [0.2, 0.25) is 0 Å². The zero-order valence-electron chi connectivity index (χ0n) is 13.3. The summed E-state index contributed by atoms with van der Waals surface area (Å²) in [5, 5.41) is 26.6. The highest BCUT2D eigenvalue weighted by Gasteiger charge is 2.21. The number of hydrogen-bond acceptors (Lipinski definition) is 6. The van der Waals surface area contributed by atoms with Gasteiger partial charge in [0.15, 0.2) is 5.76 Å². The quantitative estimate of drug-likeness (QED) is 0.552. The molecule has 2 heterocycles. The monoisotopic (exact) mass is 350 g/mol. The lowest BCUT2D eigenvalue weighted by Crippen LogP contribution is -1.86. The number of benzene rings is 2. The molecule has 25 heavy (non-hydrogen) atoms. The maximum atomic E-state index is 10.2. The molecule has 5 nitrogen and oxygen atoms in total. The maximum Gasteiger partial charge on any atom is 0.180 e. The van der Waals surface area contributed by atoms with E-state index in [1.807, 2.05) is 35.7 Å². The van der Waals surface area contributed by atoms with Gasteiger partial charge in [0.1, 0.15) is 16.5 Å². The number of aromatic hydroxyl groups is 2. The first-order valence-corrected chi connectivity index (χ1v) is 8.50. The number of hydrogen-bond donors (Lipinski definition) is 2. The van der Waals surface area contributed by atoms with E-state index in [2.05, 4.69) is 10.1 Å². The largest absolute Gasteiger partial charge is 0.508 e. The maximum absolute atomic E-state index is 10.2. The summed E-state index contributed by atoms with van der Waals surface area (Å²) in [6.07, 6.45) is 1.59. The lowest BCUT2D eigenvalue weighted by atomic mass is 10.0. The molecule has 2 N–H and O–H groups in total. The summed E-state index contributed by atoms with van der Waals surface area (Å²) in [5.41, 5.74) is 3.66. The average molecular weight is 350 g/mol. The zero-order valence-corrected chi connectivity index (χ0v) is 14.1. The molecule has 2 aromatic heterocycles. The van der Waals surface area contributed by atoms with Gasteiger partial charge >= 0.3 is 0 Å². The van der Waals surface area contributed by atoms with Crippen molar-refractivity contribution < 1.29 is 14.7 Å². The van der Waals surface area contributed by atoms with E-state index >= 15 is 0 Å². The third kappa shape index (κ3) is 2.77. The Kier molecular flexibility index (Phi) is 3.74. The SMILES string of the molecule is Cc1cc(O)cc(O)c1-c1oncc1-c1csc(-c2ccccc2)n1. The summed E-state index contributed by atoms with van der Waals surface area (Å²) in [7, 11) is 0. The summed E-state index contributed by atoms with van der Waals surface area (Å²) in [6.45, 7) is 1.79. The van der Waals surface area contributed by atoms with Crippen molar-refractivity contribution in [1.29, 1.82) is 0 Å². The molecule has 2 aromatic carbocycles. The van der Waals surface area contributed by atoms with Crippen LogP contribution >= 0.6 is 11.3 Å². The first kappa shape index (κ1) is 15.4. The predicted molar refractivity (Wildman–Crippen MR) is 96.5 cm³/mol. The molecule has 0 radical (unpaired) electrons. The van der Waals surface area contributed by atoms with E-state index in [1.54, 1.807) is 19.2 Å². The van der Waals surface area contributed by atoms with Gasteiger partial charge in [0.05, 0.1) is 23.0 Å². The molecule has 0 aliphatic rings. The minimum atomic E-state index is -0.0611. The molecule has 0 aliphatic heterocycles. The molecule has 4 rings (SSSR count). The minimum Gasteiger partial charge on any atom is -0.508 e. The number of aromatic nitrogens is 2. The van der Waals surface area contributed by atoms with E-state index in [1.165, 1.54) is 17.4 Å². The zero-order chi connectivity index (χ0) is 17.4. The first-order chi connectivity index (χ1) is 12.1. The van der Waals surface area contributed by atoms with Gasteiger partial charge in [-0.1, -0.05) is 35.5 Å². The van der Waals surface area contributed by atoms with E-state index in [9.17, 15) is 10.2 Å². The molecular weight excluding hydrogens is 336 g/mol. The van der Waals surface area contributed by atoms with Gasteiger partial charge in [-0.3, -0.25) is 0 Å². The summed E-state index contributed by atoms with van der Waals surface area (Å²) >= 11 is 1.53. The lowest BCUT2D eigenvalue weighted by Gasteiger charge is -2.07. The van der Waals surface area contributed by atoms with Crippen molar-refractivity contribution in [2.45, 2.75) is 6.92 Å². The summed E-state index contributed by atoms with van der Waals surface area (Å²) in [5.74, 6) is 0.369. The second-order valence-electron chi connectivity index (χ2n) is 5.63. The Morgan fingerprint density at radius 3 is 2.64 bits per heavy atom. The number of thiazole rings is 1. The molecule has 4 aromatic rings. The van der Waals surface area contributed by atoms with Gasteiger partial charge in [0.25, 0.3) is 0 Å². The van der Waals surface area contributed by atoms with Gasteiger partial charge < -0.3 is 14.7 Å². The van der Waals surface area contributed by atoms with Gasteiger partial charge in [-0.15, -0.1) is 11.3 Å². The molecule has 0 saturated carbocycles. The van der Waals surface area contributed by atoms with Crippen LogP contribution in [0.2, 0.25) is 0 Å². The van der Waals surface area contributed by atoms with Crippen LogP contribution in [0.5, 0.6) is 11.5 Å². The topological polar surface area (TPSA) is 79.4 Å². The molecule has 0 amide bonds. The predicted octanol–water partition coefficient (Wildman–Crippen LogP) is 4.85. The van der Waals surface area contributed by atoms with E-state index in [4.69, 9.17) is 4.52 Å². The number of phenolic OH excluding ortho intramolecular Hbond substituents is 2. The fourth-order valence-corrected chi connectivity index (χ4v) is 3.58. The van der Waals surface area contributed by atoms with Crippen LogP contribution in [0.4, 0.5) is 0 Å². The summed E-state index contributed by atoms with van der Waals surface area (Å²) in [4.78, 5) is 4.67. The molecule has 0 fully saturated rings. The Bertz CT molecular complexity index is 1010. The molecule has 124 valence electrons. The van der Waals surface area contributed by atoms with Crippen molar-refractivity contribution in [3.8, 4) is 44.7 Å². The molecule has 0 aliphatic carbocycles. The average Bonchev–Trinajstić information content (AvgIpc) is 3.23. The van der Waals surface area contributed by atoms with Crippen molar-refractivity contribution in [2.24, 2.45) is 0 Å². The van der Waals surface area contributed by atoms with Crippen LogP contribution in [0.15, 0.2) is 58.6 Å². The Balaban J connectivity index is 1.80. The Morgan fingerprint density at radius 1 is 1.08 bits per heavy atom. The van der Waals surface area contributed by atoms with Gasteiger partial charge in [-0.2, -0.15) is 0 Å². The number of aryl methyl sites for hydroxylation is 1. The fraction of sp³-hybridized carbons (Fsp3) is 0.0526. The second-order valence-corrected chi connectivity index (χ2v) is 6.49. The summed E-state index contributed by atoms with van der Waals surface area (Å²) < 4.78 is 5.39. The fourth-order valence-electron chi connectivity index (χ4n) is 2.76. The molecule has 0 atom stereocenters. The molecule has 0 bridgehead atoms. The highest BCUT2D eigenvalue weighted by atomic mass is 32.1. The number of nitrogens with zero attached hydrogens (tertiary/aromatic N) is 2. The van der Waals surface area contributed by atoms with Crippen LogP contribution < -0.4 is 0 Å². The molecule has 0 unspecified atom stereocenters. The van der Waals surface area contributed by atoms with E-state index in [0.29, 0.717) is 22.5 Å². The Labute approximate surface area is 147 Å². The molecular formula is C19H14N2O3S. The van der Waals surface area contributed by atoms with Crippen molar-refractivity contribution in [3.63, 3.8) is 0 Å². The molecule has 0 spiro atoms. The Hall–Kier alpha value is -3.12. The third-order valence-electron chi connectivity index (χ3n) is 3.90. The van der Waals surface area contributed by atoms with Crippen LogP contribution in [-0.4, -0.2) is 20.4 Å². The smallest absolute Gasteiger partial charge is 0.180 e. The van der Waals surface area contributed by atoms with Crippen LogP contribution in [-0.2, 0) is 0 Å². The van der Waals surface area contributed by atoms with Crippen molar-refractivity contribution >= 4 is 11.3 Å². The highest BCUT2D eigenvalue weighted by molar-refractivity contribution is 7.13. The number of phenols is 2. The van der Waals surface area contributed by atoms with Crippen molar-refractivity contribution in [1.82, 2.24) is 10.1 Å². The van der Waals surface area contributed by atoms with Crippen molar-refractivity contribution in [2.75, 3.05) is 0 Å². The highest BCUT2D eigenvalue weighted by Crippen LogP contribution is 2.41. The lowest BCUT2D eigenvalue weighted by molar-refractivity contribution is 0.423. The van der Waals surface area contributed by atoms with E-state index in [0.717, 1.165) is 16.3 Å². The normalized spacial score (nSPS) is 10.9. The third-order valence-corrected chi connectivity index (χ3v) is 4.79. The van der Waals surface area contributed by atoms with Crippen LogP contribution in [0.25, 0.3) is 33.2 Å². The Morgan fingerprint density at radius 2 is 1.88 bits per heavy atom. The van der Waals surface area contributed by atoms with Crippen molar-refractivity contribution in [3.05, 3.63) is 59.6 Å². The number of rotatable bonds is 3. The van der Waals surface area contributed by atoms with E-state index < -0.39 is 0 Å². The second kappa shape index (κ2) is 6.07. The van der Waals surface area contributed by atoms with E-state index in [-0.39, 0.29) is 11.5 Å². The van der Waals surface area contributed by atoms with Gasteiger partial charge in [-0.05, 0) is 18.6 Å². The van der Waals surface area contributed by atoms with Crippen LogP contribution in [0.1, 0.15) is 5.56 Å². The van der Waals surface area contributed by atoms with Gasteiger partial charge in [-0.25, -0.2) is 4.98 Å². The van der Waals surface area contributed by atoms with Gasteiger partial charge in [0, 0.05) is 17.0 Å². The molecule has 0 saturated heterocycles. The standard InChI is InChI=1S/C19H14N2O3S/c1-11-7-13(22)8-16(23)17(11)18-14(9-20-24-18)15-10-25-19(21-15)12-5-3-2-4-6-12/h2-10,22-23H,1H3. The molecule has 6 heteroatoms.